The molecule has 0 spiro atoms. The maximum Gasteiger partial charge on any atom is 0.248 e. The average Bonchev–Trinajstić information content (AvgIpc) is 2.63. The fraction of sp³-hybridized carbons (Fsp3) is 0.833. The number of likely N-dealkylation sites (tertiary alicyclic amines) is 1. The van der Waals surface area contributed by atoms with E-state index in [0.29, 0.717) is 25.9 Å². The van der Waals surface area contributed by atoms with Gasteiger partial charge >= 0.3 is 0 Å². The van der Waals surface area contributed by atoms with Crippen molar-refractivity contribution in [2.24, 2.45) is 0 Å². The highest BCUT2D eigenvalue weighted by Gasteiger charge is 2.26. The number of hydrogen-bond acceptors (Lipinski definition) is 4. The molecule has 0 N–H and O–H groups in total. The summed E-state index contributed by atoms with van der Waals surface area (Å²) in [5, 5.41) is 1.22. The minimum atomic E-state index is -0.455. The fourth-order valence-electron chi connectivity index (χ4n) is 2.26. The minimum absolute atomic E-state index is 0.0654. The van der Waals surface area contributed by atoms with E-state index in [1.54, 1.807) is 11.8 Å². The molecule has 2 saturated heterocycles. The molecule has 0 bridgehead atoms. The van der Waals surface area contributed by atoms with E-state index in [-0.39, 0.29) is 11.8 Å². The van der Waals surface area contributed by atoms with Crippen LogP contribution in [0.4, 0.5) is 0 Å². The summed E-state index contributed by atoms with van der Waals surface area (Å²) < 4.78 is 0. The van der Waals surface area contributed by atoms with Crippen LogP contribution in [0.3, 0.4) is 0 Å². The largest absolute Gasteiger partial charge is 0.314 e. The van der Waals surface area contributed by atoms with Crippen LogP contribution in [0.25, 0.3) is 0 Å². The Morgan fingerprint density at radius 3 is 2.50 bits per heavy atom. The van der Waals surface area contributed by atoms with Crippen molar-refractivity contribution in [2.45, 2.75) is 51.7 Å². The number of hydroxylamine groups is 2. The molecule has 0 radical (unpaired) electrons. The molecule has 2 rings (SSSR count). The lowest BCUT2D eigenvalue weighted by Gasteiger charge is -2.27. The number of nitrogens with zero attached hydrogens (tertiary/aromatic N) is 2. The van der Waals surface area contributed by atoms with E-state index in [9.17, 15) is 9.59 Å². The van der Waals surface area contributed by atoms with Crippen LogP contribution in [0.1, 0.15) is 45.4 Å². The Morgan fingerprint density at radius 1 is 1.00 bits per heavy atom. The summed E-state index contributed by atoms with van der Waals surface area (Å²) in [6, 6.07) is 0. The van der Waals surface area contributed by atoms with Gasteiger partial charge < -0.3 is 4.90 Å². The highest BCUT2D eigenvalue weighted by molar-refractivity contribution is 5.77. The van der Waals surface area contributed by atoms with Crippen molar-refractivity contribution in [3.63, 3.8) is 0 Å². The summed E-state index contributed by atoms with van der Waals surface area (Å²) in [7, 11) is 0. The van der Waals surface area contributed by atoms with Crippen molar-refractivity contribution < 1.29 is 19.5 Å². The van der Waals surface area contributed by atoms with E-state index < -0.39 is 6.23 Å². The van der Waals surface area contributed by atoms with E-state index >= 15 is 0 Å². The first-order chi connectivity index (χ1) is 8.68. The van der Waals surface area contributed by atoms with Gasteiger partial charge in [0.25, 0.3) is 0 Å². The Kier molecular flexibility index (Phi) is 4.54. The van der Waals surface area contributed by atoms with Crippen LogP contribution in [0.5, 0.6) is 0 Å². The van der Waals surface area contributed by atoms with Gasteiger partial charge in [0.2, 0.25) is 11.8 Å². The number of carbonyl (C=O) groups is 2. The molecule has 0 aromatic carbocycles. The first-order valence-electron chi connectivity index (χ1n) is 6.62. The molecule has 0 aliphatic carbocycles. The van der Waals surface area contributed by atoms with Crippen LogP contribution in [0.15, 0.2) is 0 Å². The topological polar surface area (TPSA) is 59.1 Å². The molecular weight excluding hydrogens is 236 g/mol. The van der Waals surface area contributed by atoms with Crippen molar-refractivity contribution in [1.82, 2.24) is 9.96 Å². The molecule has 2 heterocycles. The Labute approximate surface area is 107 Å². The van der Waals surface area contributed by atoms with Gasteiger partial charge in [-0.05, 0) is 26.2 Å². The molecule has 2 aliphatic rings. The smallest absolute Gasteiger partial charge is 0.248 e. The third kappa shape index (κ3) is 3.20. The zero-order valence-electron chi connectivity index (χ0n) is 10.8. The van der Waals surface area contributed by atoms with Gasteiger partial charge in [-0.2, -0.15) is 9.95 Å². The average molecular weight is 256 g/mol. The highest BCUT2D eigenvalue weighted by Crippen LogP contribution is 2.16. The SMILES string of the molecule is CC(OON1CCCC1=O)N1CCCCCC1=O. The van der Waals surface area contributed by atoms with Gasteiger partial charge in [-0.15, -0.1) is 4.99 Å². The maximum absolute atomic E-state index is 11.8. The highest BCUT2D eigenvalue weighted by atomic mass is 17.3. The Morgan fingerprint density at radius 2 is 1.78 bits per heavy atom. The zero-order chi connectivity index (χ0) is 13.0. The van der Waals surface area contributed by atoms with E-state index in [1.807, 2.05) is 0 Å². The van der Waals surface area contributed by atoms with Crippen LogP contribution in [-0.2, 0) is 19.5 Å². The predicted octanol–water partition coefficient (Wildman–Crippen LogP) is 1.22. The number of hydrogen-bond donors (Lipinski definition) is 0. The summed E-state index contributed by atoms with van der Waals surface area (Å²) >= 11 is 0. The molecule has 2 fully saturated rings. The quantitative estimate of drug-likeness (QED) is 0.560. The Bertz CT molecular complexity index is 321. The van der Waals surface area contributed by atoms with Crippen molar-refractivity contribution in [2.75, 3.05) is 13.1 Å². The summed E-state index contributed by atoms with van der Waals surface area (Å²) in [4.78, 5) is 35.0. The van der Waals surface area contributed by atoms with Crippen LogP contribution in [-0.4, -0.2) is 41.1 Å². The third-order valence-electron chi connectivity index (χ3n) is 3.35. The predicted molar refractivity (Wildman–Crippen MR) is 62.8 cm³/mol. The van der Waals surface area contributed by atoms with Gasteiger partial charge in [0.05, 0.1) is 6.54 Å². The number of carbonyl (C=O) groups excluding carboxylic acids is 2. The fourth-order valence-corrected chi connectivity index (χ4v) is 2.26. The molecule has 0 aromatic heterocycles. The molecular formula is C12H20N2O4. The molecule has 6 nitrogen and oxygen atoms in total. The molecule has 6 heteroatoms. The molecule has 0 saturated carbocycles. The lowest BCUT2D eigenvalue weighted by Crippen LogP contribution is -2.41. The lowest BCUT2D eigenvalue weighted by molar-refractivity contribution is -0.437. The Balaban J connectivity index is 1.80. The standard InChI is InChI=1S/C12H20N2O4/c1-10(13-8-4-2-3-6-11(13)15)17-18-14-9-5-7-12(14)16/h10H,2-9H2,1H3. The first-order valence-corrected chi connectivity index (χ1v) is 6.62. The number of rotatable bonds is 4. The molecule has 1 unspecified atom stereocenters. The first kappa shape index (κ1) is 13.3. The van der Waals surface area contributed by atoms with Gasteiger partial charge in [0.15, 0.2) is 6.23 Å². The second-order valence-electron chi connectivity index (χ2n) is 4.77. The molecule has 2 amide bonds. The van der Waals surface area contributed by atoms with E-state index in [1.165, 1.54) is 5.06 Å². The second-order valence-corrected chi connectivity index (χ2v) is 4.77. The molecule has 0 aromatic rings. The van der Waals surface area contributed by atoms with Crippen molar-refractivity contribution in [3.8, 4) is 0 Å². The molecule has 102 valence electrons. The molecule has 1 atom stereocenters. The van der Waals surface area contributed by atoms with Crippen LogP contribution >= 0.6 is 0 Å². The summed E-state index contributed by atoms with van der Waals surface area (Å²) in [6.07, 6.45) is 4.40. The van der Waals surface area contributed by atoms with E-state index in [0.717, 1.165) is 25.7 Å². The van der Waals surface area contributed by atoms with Gasteiger partial charge in [-0.25, -0.2) is 0 Å². The van der Waals surface area contributed by atoms with Gasteiger partial charge in [0, 0.05) is 19.4 Å². The normalized spacial score (nSPS) is 23.4. The van der Waals surface area contributed by atoms with Gasteiger partial charge in [-0.3, -0.25) is 9.59 Å². The summed E-state index contributed by atoms with van der Waals surface area (Å²) in [6.45, 7) is 3.01. The van der Waals surface area contributed by atoms with E-state index in [2.05, 4.69) is 0 Å². The van der Waals surface area contributed by atoms with Crippen molar-refractivity contribution >= 4 is 11.8 Å². The van der Waals surface area contributed by atoms with Crippen LogP contribution in [0, 0.1) is 0 Å². The summed E-state index contributed by atoms with van der Waals surface area (Å²) in [5.74, 6) is 0.0285. The van der Waals surface area contributed by atoms with Gasteiger partial charge in [0.1, 0.15) is 0 Å². The summed E-state index contributed by atoms with van der Waals surface area (Å²) in [5.41, 5.74) is 0. The minimum Gasteiger partial charge on any atom is -0.314 e. The molecule has 18 heavy (non-hydrogen) atoms. The van der Waals surface area contributed by atoms with Crippen molar-refractivity contribution in [1.29, 1.82) is 0 Å². The van der Waals surface area contributed by atoms with Crippen LogP contribution in [0.2, 0.25) is 0 Å². The Hall–Kier alpha value is -1.14. The van der Waals surface area contributed by atoms with Crippen molar-refractivity contribution in [3.05, 3.63) is 0 Å². The lowest BCUT2D eigenvalue weighted by atomic mass is 10.2. The second kappa shape index (κ2) is 6.15. The zero-order valence-corrected chi connectivity index (χ0v) is 10.8. The number of amides is 2. The van der Waals surface area contributed by atoms with Gasteiger partial charge in [-0.1, -0.05) is 6.42 Å². The maximum atomic E-state index is 11.8. The van der Waals surface area contributed by atoms with Crippen LogP contribution < -0.4 is 0 Å². The third-order valence-corrected chi connectivity index (χ3v) is 3.35. The van der Waals surface area contributed by atoms with E-state index in [4.69, 9.17) is 9.88 Å². The molecule has 2 aliphatic heterocycles. The monoisotopic (exact) mass is 256 g/mol.